The lowest BCUT2D eigenvalue weighted by atomic mass is 9.93. The van der Waals surface area contributed by atoms with Crippen LogP contribution in [-0.4, -0.2) is 33.7 Å². The number of hydrogen-bond acceptors (Lipinski definition) is 2. The molecule has 0 aromatic heterocycles. The first kappa shape index (κ1) is 17.8. The molecule has 0 aliphatic heterocycles. The fourth-order valence-electron chi connectivity index (χ4n) is 3.60. The quantitative estimate of drug-likeness (QED) is 0.745. The number of carbonyl (C=O) groups is 2. The number of halogens is 1. The van der Waals surface area contributed by atoms with Gasteiger partial charge in [0, 0.05) is 12.1 Å². The van der Waals surface area contributed by atoms with Crippen LogP contribution in [0.15, 0.2) is 0 Å². The normalized spacial score (nSPS) is 22.1. The molecule has 126 valence electrons. The number of hydrogen-bond donors (Lipinski definition) is 1. The molecule has 1 atom stereocenters. The van der Waals surface area contributed by atoms with E-state index in [1.54, 1.807) is 0 Å². The molecule has 0 spiro atoms. The maximum Gasteiger partial charge on any atom is 0.324 e. The molecule has 0 heterocycles. The van der Waals surface area contributed by atoms with Crippen LogP contribution < -0.4 is 5.32 Å². The fourth-order valence-corrected chi connectivity index (χ4v) is 3.82. The Balaban J connectivity index is 2.04. The van der Waals surface area contributed by atoms with Crippen molar-refractivity contribution in [3.8, 4) is 0 Å². The summed E-state index contributed by atoms with van der Waals surface area (Å²) >= 11 is 3.43. The van der Waals surface area contributed by atoms with Gasteiger partial charge in [-0.1, -0.05) is 61.4 Å². The highest BCUT2D eigenvalue weighted by atomic mass is 79.9. The third-order valence-corrected chi connectivity index (χ3v) is 5.99. The van der Waals surface area contributed by atoms with Gasteiger partial charge in [-0.2, -0.15) is 0 Å². The summed E-state index contributed by atoms with van der Waals surface area (Å²) in [5.74, 6) is -0.0669. The van der Waals surface area contributed by atoms with E-state index in [1.165, 1.54) is 30.6 Å². The highest BCUT2D eigenvalue weighted by Gasteiger charge is 2.34. The number of carbonyl (C=O) groups excluding carboxylic acids is 2. The molecular weight excluding hydrogens is 344 g/mol. The van der Waals surface area contributed by atoms with Crippen molar-refractivity contribution in [3.05, 3.63) is 0 Å². The number of nitrogens with one attached hydrogen (secondary N) is 1. The predicted molar refractivity (Wildman–Crippen MR) is 92.1 cm³/mol. The molecule has 0 radical (unpaired) electrons. The van der Waals surface area contributed by atoms with Gasteiger partial charge in [0.1, 0.15) is 0 Å². The molecule has 2 fully saturated rings. The zero-order valence-electron chi connectivity index (χ0n) is 13.7. The van der Waals surface area contributed by atoms with Gasteiger partial charge >= 0.3 is 6.03 Å². The summed E-state index contributed by atoms with van der Waals surface area (Å²) in [6.45, 7) is 1.97. The van der Waals surface area contributed by atoms with Gasteiger partial charge < -0.3 is 5.32 Å². The summed E-state index contributed by atoms with van der Waals surface area (Å²) in [7, 11) is 0. The first-order chi connectivity index (χ1) is 10.6. The average molecular weight is 373 g/mol. The van der Waals surface area contributed by atoms with E-state index in [1.807, 2.05) is 6.92 Å². The molecule has 2 aliphatic carbocycles. The maximum absolute atomic E-state index is 12.7. The van der Waals surface area contributed by atoms with E-state index in [0.29, 0.717) is 6.42 Å². The van der Waals surface area contributed by atoms with Crippen molar-refractivity contribution in [3.63, 3.8) is 0 Å². The first-order valence-electron chi connectivity index (χ1n) is 8.91. The van der Waals surface area contributed by atoms with E-state index in [2.05, 4.69) is 21.2 Å². The second-order valence-electron chi connectivity index (χ2n) is 6.66. The first-order valence-corrected chi connectivity index (χ1v) is 9.82. The smallest absolute Gasteiger partial charge is 0.324 e. The van der Waals surface area contributed by atoms with Crippen LogP contribution in [0.2, 0.25) is 0 Å². The second-order valence-corrected chi connectivity index (χ2v) is 7.77. The van der Waals surface area contributed by atoms with Crippen LogP contribution in [0.3, 0.4) is 0 Å². The molecule has 0 bridgehead atoms. The molecule has 22 heavy (non-hydrogen) atoms. The Labute approximate surface area is 142 Å². The van der Waals surface area contributed by atoms with E-state index in [0.717, 1.165) is 38.5 Å². The Morgan fingerprint density at radius 1 is 1.05 bits per heavy atom. The number of rotatable bonds is 4. The molecule has 2 rings (SSSR count). The maximum atomic E-state index is 12.7. The molecule has 5 heteroatoms. The number of alkyl halides is 1. The van der Waals surface area contributed by atoms with Crippen LogP contribution in [0.25, 0.3) is 0 Å². The van der Waals surface area contributed by atoms with E-state index in [-0.39, 0.29) is 28.8 Å². The lowest BCUT2D eigenvalue weighted by Crippen LogP contribution is -2.54. The third-order valence-electron chi connectivity index (χ3n) is 4.96. The Morgan fingerprint density at radius 3 is 2.14 bits per heavy atom. The van der Waals surface area contributed by atoms with Gasteiger partial charge in [-0.3, -0.25) is 9.69 Å². The van der Waals surface area contributed by atoms with Crippen LogP contribution in [-0.2, 0) is 4.79 Å². The Hall–Kier alpha value is -0.580. The van der Waals surface area contributed by atoms with Gasteiger partial charge in [-0.05, 0) is 32.1 Å². The second kappa shape index (κ2) is 8.90. The van der Waals surface area contributed by atoms with Gasteiger partial charge in [0.2, 0.25) is 5.91 Å². The lowest BCUT2D eigenvalue weighted by molar-refractivity contribution is -0.130. The van der Waals surface area contributed by atoms with Crippen molar-refractivity contribution in [1.82, 2.24) is 10.2 Å². The zero-order valence-corrected chi connectivity index (χ0v) is 15.2. The summed E-state index contributed by atoms with van der Waals surface area (Å²) in [5.41, 5.74) is 0. The van der Waals surface area contributed by atoms with Crippen LogP contribution in [0, 0.1) is 0 Å². The van der Waals surface area contributed by atoms with Crippen LogP contribution in [0.5, 0.6) is 0 Å². The van der Waals surface area contributed by atoms with Crippen LogP contribution in [0.1, 0.15) is 77.6 Å². The molecule has 2 saturated carbocycles. The van der Waals surface area contributed by atoms with E-state index in [4.69, 9.17) is 0 Å². The minimum Gasteiger partial charge on any atom is -0.335 e. The van der Waals surface area contributed by atoms with Crippen molar-refractivity contribution in [2.75, 3.05) is 0 Å². The third kappa shape index (κ3) is 4.71. The number of amides is 3. The predicted octanol–water partition coefficient (Wildman–Crippen LogP) is 4.36. The monoisotopic (exact) mass is 372 g/mol. The van der Waals surface area contributed by atoms with Gasteiger partial charge in [-0.15, -0.1) is 0 Å². The minimum atomic E-state index is -0.258. The average Bonchev–Trinajstić information content (AvgIpc) is 2.56. The van der Waals surface area contributed by atoms with E-state index in [9.17, 15) is 9.59 Å². The highest BCUT2D eigenvalue weighted by molar-refractivity contribution is 9.10. The topological polar surface area (TPSA) is 49.4 Å². The summed E-state index contributed by atoms with van der Waals surface area (Å²) < 4.78 is 0. The van der Waals surface area contributed by atoms with E-state index >= 15 is 0 Å². The molecule has 4 nitrogen and oxygen atoms in total. The number of urea groups is 1. The summed E-state index contributed by atoms with van der Waals surface area (Å²) in [6, 6.07) is 0.161. The van der Waals surface area contributed by atoms with Crippen molar-refractivity contribution in [1.29, 1.82) is 0 Å². The van der Waals surface area contributed by atoms with Crippen molar-refractivity contribution in [2.24, 2.45) is 0 Å². The lowest BCUT2D eigenvalue weighted by Gasteiger charge is -2.35. The Morgan fingerprint density at radius 2 is 1.59 bits per heavy atom. The number of imide groups is 1. The molecule has 0 aromatic rings. The molecule has 1 N–H and O–H groups in total. The van der Waals surface area contributed by atoms with Gasteiger partial charge in [0.15, 0.2) is 0 Å². The zero-order chi connectivity index (χ0) is 15.9. The largest absolute Gasteiger partial charge is 0.335 e. The number of nitrogens with zero attached hydrogens (tertiary/aromatic N) is 1. The van der Waals surface area contributed by atoms with Crippen LogP contribution in [0.4, 0.5) is 4.79 Å². The SMILES string of the molecule is CCC(Br)C(=O)N(C(=O)NC1CCCCC1)C1CCCCC1. The van der Waals surface area contributed by atoms with Crippen molar-refractivity contribution in [2.45, 2.75) is 94.5 Å². The molecule has 2 aliphatic rings. The molecule has 0 saturated heterocycles. The molecule has 3 amide bonds. The highest BCUT2D eigenvalue weighted by Crippen LogP contribution is 2.25. The summed E-state index contributed by atoms with van der Waals surface area (Å²) in [4.78, 5) is 26.7. The minimum absolute atomic E-state index is 0.0669. The standard InChI is InChI=1S/C17H29BrN2O2/c1-2-15(18)16(21)20(14-11-7-4-8-12-14)17(22)19-13-9-5-3-6-10-13/h13-15H,2-12H2,1H3,(H,19,22). The van der Waals surface area contributed by atoms with E-state index < -0.39 is 0 Å². The van der Waals surface area contributed by atoms with Gasteiger partial charge in [-0.25, -0.2) is 4.79 Å². The Kier molecular flexibility index (Phi) is 7.19. The van der Waals surface area contributed by atoms with Gasteiger partial charge in [0.25, 0.3) is 0 Å². The summed E-state index contributed by atoms with van der Waals surface area (Å²) in [6.07, 6.45) is 11.8. The van der Waals surface area contributed by atoms with Crippen molar-refractivity contribution >= 4 is 27.9 Å². The molecule has 0 aromatic carbocycles. The fraction of sp³-hybridized carbons (Fsp3) is 0.882. The summed E-state index contributed by atoms with van der Waals surface area (Å²) in [5, 5.41) is 3.12. The Bertz CT molecular complexity index is 377. The van der Waals surface area contributed by atoms with Gasteiger partial charge in [0.05, 0.1) is 4.83 Å². The molecule has 1 unspecified atom stereocenters. The van der Waals surface area contributed by atoms with Crippen molar-refractivity contribution < 1.29 is 9.59 Å². The van der Waals surface area contributed by atoms with Crippen LogP contribution >= 0.6 is 15.9 Å². The molecular formula is C17H29BrN2O2.